The van der Waals surface area contributed by atoms with Gasteiger partial charge in [0.15, 0.2) is 6.10 Å². The Hall–Kier alpha value is -2.99. The Morgan fingerprint density at radius 3 is 2.65 bits per heavy atom. The van der Waals surface area contributed by atoms with Gasteiger partial charge in [0.2, 0.25) is 5.78 Å². The van der Waals surface area contributed by atoms with Gasteiger partial charge in [-0.3, -0.25) is 14.9 Å². The van der Waals surface area contributed by atoms with E-state index in [1.807, 2.05) is 18.2 Å². The average molecular weight is 310 g/mol. The van der Waals surface area contributed by atoms with Crippen LogP contribution < -0.4 is 5.73 Å². The Labute approximate surface area is 131 Å². The first kappa shape index (κ1) is 14.9. The third-order valence-electron chi connectivity index (χ3n) is 4.07. The summed E-state index contributed by atoms with van der Waals surface area (Å²) in [5.74, 6) is -0.792. The zero-order valence-electron chi connectivity index (χ0n) is 12.0. The lowest BCUT2D eigenvalue weighted by molar-refractivity contribution is -0.545. The molecule has 23 heavy (non-hydrogen) atoms. The Morgan fingerprint density at radius 2 is 1.91 bits per heavy atom. The van der Waals surface area contributed by atoms with Crippen LogP contribution in [0.25, 0.3) is 10.8 Å². The number of carbonyl (C=O) groups excluding carboxylic acids is 1. The molecule has 6 heteroatoms. The molecule has 2 unspecified atom stereocenters. The molecule has 3 rings (SSSR count). The molecule has 0 bridgehead atoms. The summed E-state index contributed by atoms with van der Waals surface area (Å²) in [4.78, 5) is 23.9. The van der Waals surface area contributed by atoms with E-state index < -0.39 is 22.3 Å². The monoisotopic (exact) mass is 310 g/mol. The lowest BCUT2D eigenvalue weighted by Gasteiger charge is -2.28. The number of nitro groups is 1. The number of nitrogens with two attached hydrogens (primary N) is 1. The third kappa shape index (κ3) is 2.11. The minimum atomic E-state index is -2.32. The molecule has 2 aromatic carbocycles. The molecule has 6 nitrogen and oxygen atoms in total. The van der Waals surface area contributed by atoms with Gasteiger partial charge in [0.25, 0.3) is 0 Å². The number of hydrogen-bond acceptors (Lipinski definition) is 5. The molecule has 0 saturated carbocycles. The fourth-order valence-corrected chi connectivity index (χ4v) is 2.82. The molecule has 0 aromatic heterocycles. The molecule has 3 N–H and O–H groups in total. The van der Waals surface area contributed by atoms with Crippen molar-refractivity contribution < 1.29 is 14.8 Å². The second-order valence-electron chi connectivity index (χ2n) is 5.37. The second kappa shape index (κ2) is 5.33. The SMILES string of the molecule is NC1=CC=CC(C(=O)c2cccc3ccccc23)([N+](=O)[O-])C1O. The molecule has 0 fully saturated rings. The zero-order valence-corrected chi connectivity index (χ0v) is 12.0. The van der Waals surface area contributed by atoms with E-state index in [0.717, 1.165) is 11.5 Å². The largest absolute Gasteiger partial charge is 0.400 e. The van der Waals surface area contributed by atoms with Crippen LogP contribution >= 0.6 is 0 Å². The van der Waals surface area contributed by atoms with Gasteiger partial charge in [-0.2, -0.15) is 0 Å². The van der Waals surface area contributed by atoms with Crippen LogP contribution in [0.15, 0.2) is 66.4 Å². The number of rotatable bonds is 3. The van der Waals surface area contributed by atoms with E-state index in [4.69, 9.17) is 5.73 Å². The summed E-state index contributed by atoms with van der Waals surface area (Å²) in [6.45, 7) is 0. The van der Waals surface area contributed by atoms with E-state index in [9.17, 15) is 20.0 Å². The number of aliphatic hydroxyl groups excluding tert-OH is 1. The van der Waals surface area contributed by atoms with E-state index in [2.05, 4.69) is 0 Å². The molecular formula is C17H14N2O4. The smallest absolute Gasteiger partial charge is 0.332 e. The number of Topliss-reactive ketones (excluding diaryl/α,β-unsaturated/α-hetero) is 1. The van der Waals surface area contributed by atoms with Crippen molar-refractivity contribution in [2.24, 2.45) is 5.73 Å². The van der Waals surface area contributed by atoms with Crippen LogP contribution in [0, 0.1) is 10.1 Å². The number of aliphatic hydroxyl groups is 1. The molecule has 1 aliphatic carbocycles. The van der Waals surface area contributed by atoms with Crippen molar-refractivity contribution in [2.75, 3.05) is 0 Å². The summed E-state index contributed by atoms with van der Waals surface area (Å²) in [5, 5.41) is 23.3. The van der Waals surface area contributed by atoms with Crippen molar-refractivity contribution in [3.05, 3.63) is 82.1 Å². The van der Waals surface area contributed by atoms with Crippen molar-refractivity contribution in [3.8, 4) is 0 Å². The predicted octanol–water partition coefficient (Wildman–Crippen LogP) is 1.81. The van der Waals surface area contributed by atoms with Gasteiger partial charge in [-0.15, -0.1) is 0 Å². The number of fused-ring (bicyclic) bond motifs is 1. The standard InChI is InChI=1S/C17H14N2O4/c18-14-9-4-10-17(16(14)21,19(22)23)15(20)13-8-3-6-11-5-1-2-7-12(11)13/h1-10,16,21H,18H2. The van der Waals surface area contributed by atoms with Gasteiger partial charge in [-0.1, -0.05) is 48.5 Å². The van der Waals surface area contributed by atoms with Crippen molar-refractivity contribution in [1.82, 2.24) is 0 Å². The molecule has 0 radical (unpaired) electrons. The molecule has 2 aromatic rings. The first-order valence-electron chi connectivity index (χ1n) is 6.98. The Morgan fingerprint density at radius 1 is 1.22 bits per heavy atom. The summed E-state index contributed by atoms with van der Waals surface area (Å²) in [5.41, 5.74) is 3.37. The first-order valence-corrected chi connectivity index (χ1v) is 6.98. The van der Waals surface area contributed by atoms with Gasteiger partial charge < -0.3 is 10.8 Å². The van der Waals surface area contributed by atoms with Crippen LogP contribution in [0.4, 0.5) is 0 Å². The zero-order chi connectivity index (χ0) is 16.6. The Kier molecular flexibility index (Phi) is 3.46. The van der Waals surface area contributed by atoms with Crippen molar-refractivity contribution >= 4 is 16.6 Å². The van der Waals surface area contributed by atoms with E-state index in [0.29, 0.717) is 5.39 Å². The van der Waals surface area contributed by atoms with E-state index in [1.54, 1.807) is 18.2 Å². The molecule has 0 aliphatic heterocycles. The van der Waals surface area contributed by atoms with Crippen molar-refractivity contribution in [1.29, 1.82) is 0 Å². The average Bonchev–Trinajstić information content (AvgIpc) is 2.56. The Balaban J connectivity index is 2.22. The number of benzene rings is 2. The highest BCUT2D eigenvalue weighted by Gasteiger charge is 2.57. The number of nitrogens with zero attached hydrogens (tertiary/aromatic N) is 1. The van der Waals surface area contributed by atoms with Gasteiger partial charge in [-0.05, 0) is 16.8 Å². The maximum absolute atomic E-state index is 13.0. The van der Waals surface area contributed by atoms with Gasteiger partial charge >= 0.3 is 5.54 Å². The third-order valence-corrected chi connectivity index (χ3v) is 4.07. The molecular weight excluding hydrogens is 296 g/mol. The quantitative estimate of drug-likeness (QED) is 0.511. The van der Waals surface area contributed by atoms with Crippen molar-refractivity contribution in [3.63, 3.8) is 0 Å². The van der Waals surface area contributed by atoms with Gasteiger partial charge in [-0.25, -0.2) is 0 Å². The molecule has 2 atom stereocenters. The predicted molar refractivity (Wildman–Crippen MR) is 85.4 cm³/mol. The minimum absolute atomic E-state index is 0.113. The fraction of sp³-hybridized carbons (Fsp3) is 0.118. The summed E-state index contributed by atoms with van der Waals surface area (Å²) in [6, 6.07) is 12.1. The summed E-state index contributed by atoms with van der Waals surface area (Å²) in [7, 11) is 0. The van der Waals surface area contributed by atoms with E-state index in [-0.39, 0.29) is 11.3 Å². The fourth-order valence-electron chi connectivity index (χ4n) is 2.82. The van der Waals surface area contributed by atoms with Crippen LogP contribution in [0.3, 0.4) is 0 Å². The molecule has 116 valence electrons. The maximum atomic E-state index is 13.0. The van der Waals surface area contributed by atoms with Crippen molar-refractivity contribution in [2.45, 2.75) is 11.6 Å². The summed E-state index contributed by atoms with van der Waals surface area (Å²) in [6.07, 6.45) is 2.06. The number of carbonyl (C=O) groups is 1. The van der Waals surface area contributed by atoms with Crippen LogP contribution in [-0.4, -0.2) is 27.5 Å². The first-order chi connectivity index (χ1) is 11.0. The number of allylic oxidation sites excluding steroid dienone is 2. The lowest BCUT2D eigenvalue weighted by atomic mass is 9.79. The number of hydrogen-bond donors (Lipinski definition) is 2. The number of ketones is 1. The minimum Gasteiger partial charge on any atom is -0.400 e. The normalized spacial score (nSPS) is 23.5. The highest BCUT2D eigenvalue weighted by Crippen LogP contribution is 2.31. The summed E-state index contributed by atoms with van der Waals surface area (Å²) < 4.78 is 0. The van der Waals surface area contributed by atoms with Gasteiger partial charge in [0, 0.05) is 22.3 Å². The molecule has 0 spiro atoms. The van der Waals surface area contributed by atoms with Crippen LogP contribution in [0.5, 0.6) is 0 Å². The van der Waals surface area contributed by atoms with Crippen LogP contribution in [-0.2, 0) is 0 Å². The van der Waals surface area contributed by atoms with Gasteiger partial charge in [0.1, 0.15) is 0 Å². The maximum Gasteiger partial charge on any atom is 0.332 e. The van der Waals surface area contributed by atoms with E-state index in [1.165, 1.54) is 18.2 Å². The second-order valence-corrected chi connectivity index (χ2v) is 5.37. The Bertz CT molecular complexity index is 867. The summed E-state index contributed by atoms with van der Waals surface area (Å²) >= 11 is 0. The molecule has 0 saturated heterocycles. The highest BCUT2D eigenvalue weighted by molar-refractivity contribution is 6.13. The van der Waals surface area contributed by atoms with Gasteiger partial charge in [0.05, 0.1) is 0 Å². The molecule has 0 amide bonds. The molecule has 1 aliphatic rings. The lowest BCUT2D eigenvalue weighted by Crippen LogP contribution is -2.57. The highest BCUT2D eigenvalue weighted by atomic mass is 16.6. The topological polar surface area (TPSA) is 106 Å². The molecule has 0 heterocycles. The van der Waals surface area contributed by atoms with Crippen LogP contribution in [0.1, 0.15) is 10.4 Å². The van der Waals surface area contributed by atoms with Crippen LogP contribution in [0.2, 0.25) is 0 Å². The van der Waals surface area contributed by atoms with E-state index >= 15 is 0 Å².